The van der Waals surface area contributed by atoms with Crippen molar-refractivity contribution in [1.82, 2.24) is 0 Å². The van der Waals surface area contributed by atoms with Crippen LogP contribution < -0.4 is 0 Å². The number of rotatable bonds is 3. The van der Waals surface area contributed by atoms with Gasteiger partial charge >= 0.3 is 0 Å². The fraction of sp³-hybridized carbons (Fsp3) is 0.875. The van der Waals surface area contributed by atoms with Crippen LogP contribution >= 0.6 is 0 Å². The Labute approximate surface area is 117 Å². The Kier molecular flexibility index (Phi) is 4.10. The molecule has 1 saturated carbocycles. The van der Waals surface area contributed by atoms with Crippen molar-refractivity contribution in [1.29, 1.82) is 0 Å². The summed E-state index contributed by atoms with van der Waals surface area (Å²) in [5, 5.41) is 13.9. The van der Waals surface area contributed by atoms with Crippen LogP contribution in [0.1, 0.15) is 53.4 Å². The van der Waals surface area contributed by atoms with E-state index in [-0.39, 0.29) is 5.54 Å². The zero-order chi connectivity index (χ0) is 14.3. The highest BCUT2D eigenvalue weighted by atomic mass is 17.1. The topological polar surface area (TPSA) is 43.6 Å². The fourth-order valence-electron chi connectivity index (χ4n) is 4.00. The Morgan fingerprint density at radius 1 is 1.32 bits per heavy atom. The van der Waals surface area contributed by atoms with Gasteiger partial charge in [-0.3, -0.25) is 5.26 Å². The molecule has 110 valence electrons. The first-order valence-corrected chi connectivity index (χ1v) is 7.51. The van der Waals surface area contributed by atoms with E-state index in [0.29, 0.717) is 17.8 Å². The summed E-state index contributed by atoms with van der Waals surface area (Å²) in [5.41, 5.74) is 1.02. The lowest BCUT2D eigenvalue weighted by Gasteiger charge is -2.57. The minimum atomic E-state index is -0.509. The van der Waals surface area contributed by atoms with Crippen LogP contribution in [0.5, 0.6) is 0 Å². The first-order chi connectivity index (χ1) is 8.85. The summed E-state index contributed by atoms with van der Waals surface area (Å²) in [4.78, 5) is 4.75. The highest BCUT2D eigenvalue weighted by Crippen LogP contribution is 2.52. The zero-order valence-corrected chi connectivity index (χ0v) is 12.9. The second-order valence-corrected chi connectivity index (χ2v) is 7.11. The normalized spacial score (nSPS) is 43.0. The predicted molar refractivity (Wildman–Crippen MR) is 78.2 cm³/mol. The molecule has 0 aromatic rings. The summed E-state index contributed by atoms with van der Waals surface area (Å²) in [6.45, 7) is 8.84. The van der Waals surface area contributed by atoms with E-state index in [1.165, 1.54) is 18.4 Å². The molecule has 0 aromatic carbocycles. The highest BCUT2D eigenvalue weighted by Gasteiger charge is 2.43. The average Bonchev–Trinajstić information content (AvgIpc) is 2.38. The quantitative estimate of drug-likeness (QED) is 0.467. The Morgan fingerprint density at radius 2 is 2.00 bits per heavy atom. The molecule has 0 aromatic heterocycles. The molecule has 19 heavy (non-hydrogen) atoms. The molecule has 3 heteroatoms. The summed E-state index contributed by atoms with van der Waals surface area (Å²) in [7, 11) is 1.95. The van der Waals surface area contributed by atoms with Gasteiger partial charge in [0, 0.05) is 0 Å². The highest BCUT2D eigenvalue weighted by molar-refractivity contribution is 5.30. The molecule has 2 rings (SSSR count). The molecule has 4 unspecified atom stereocenters. The average molecular weight is 266 g/mol. The third-order valence-electron chi connectivity index (χ3n) is 5.47. The lowest BCUT2D eigenvalue weighted by Crippen LogP contribution is -2.46. The van der Waals surface area contributed by atoms with Gasteiger partial charge in [0.2, 0.25) is 0 Å². The van der Waals surface area contributed by atoms with Crippen LogP contribution in [0, 0.1) is 17.8 Å². The van der Waals surface area contributed by atoms with Crippen molar-refractivity contribution in [2.24, 2.45) is 17.8 Å². The molecule has 0 amide bonds. The van der Waals surface area contributed by atoms with Crippen molar-refractivity contribution in [3.63, 3.8) is 0 Å². The van der Waals surface area contributed by atoms with E-state index in [1.807, 2.05) is 14.0 Å². The van der Waals surface area contributed by atoms with Crippen LogP contribution in [0.3, 0.4) is 0 Å². The van der Waals surface area contributed by atoms with E-state index in [9.17, 15) is 5.26 Å². The molecule has 0 bridgehead atoms. The molecule has 0 saturated heterocycles. The number of hydrogen-bond acceptors (Lipinski definition) is 2. The Balaban J connectivity index is 2.39. The maximum atomic E-state index is 9.18. The van der Waals surface area contributed by atoms with E-state index < -0.39 is 5.60 Å². The maximum Gasteiger partial charge on any atom is 0.119 e. The minimum Gasteiger partial charge on any atom is -0.659 e. The molecule has 0 radical (unpaired) electrons. The van der Waals surface area contributed by atoms with E-state index in [0.717, 1.165) is 12.8 Å². The van der Waals surface area contributed by atoms with Crippen LogP contribution in [0.4, 0.5) is 0 Å². The maximum absolute atomic E-state index is 9.18. The third-order valence-corrected chi connectivity index (χ3v) is 5.47. The van der Waals surface area contributed by atoms with Crippen molar-refractivity contribution < 1.29 is 10.1 Å². The molecule has 1 N–H and O–H groups in total. The standard InChI is InChI=1S/C16H28NO2/c1-11(2)12-6-9-16(4,17-5)14-7-8-15(3,19-18)10-13(12)14/h10-12,14,18H,6-9H2,1-5H3/q-1. The van der Waals surface area contributed by atoms with Gasteiger partial charge in [0.15, 0.2) is 0 Å². The lowest BCUT2D eigenvalue weighted by molar-refractivity contribution is -0.306. The molecular formula is C16H28NO2-. The van der Waals surface area contributed by atoms with E-state index in [4.69, 9.17) is 4.89 Å². The molecule has 0 aliphatic heterocycles. The molecule has 4 atom stereocenters. The Hall–Kier alpha value is -0.380. The van der Waals surface area contributed by atoms with Crippen LogP contribution in [0.2, 0.25) is 0 Å². The second-order valence-electron chi connectivity index (χ2n) is 7.11. The second kappa shape index (κ2) is 5.19. The third kappa shape index (κ3) is 2.61. The van der Waals surface area contributed by atoms with Crippen LogP contribution in [-0.4, -0.2) is 23.4 Å². The summed E-state index contributed by atoms with van der Waals surface area (Å²) < 4.78 is 0. The number of hydrogen-bond donors (Lipinski definition) is 1. The largest absolute Gasteiger partial charge is 0.659 e. The van der Waals surface area contributed by atoms with E-state index in [2.05, 4.69) is 32.2 Å². The SMILES string of the molecule is C[N-]C1(C)CCC(C(C)C)C2=CC(C)(OO)CCC21. The molecule has 3 nitrogen and oxygen atoms in total. The molecule has 2 aliphatic carbocycles. The summed E-state index contributed by atoms with van der Waals surface area (Å²) in [6.07, 6.45) is 6.47. The van der Waals surface area contributed by atoms with Gasteiger partial charge in [0.25, 0.3) is 0 Å². The van der Waals surface area contributed by atoms with Gasteiger partial charge in [-0.15, -0.1) is 5.54 Å². The van der Waals surface area contributed by atoms with Gasteiger partial charge in [0.05, 0.1) is 0 Å². The molecular weight excluding hydrogens is 238 g/mol. The van der Waals surface area contributed by atoms with Crippen LogP contribution in [0.25, 0.3) is 5.32 Å². The Morgan fingerprint density at radius 3 is 2.53 bits per heavy atom. The minimum absolute atomic E-state index is 0.0635. The number of nitrogens with zero attached hydrogens (tertiary/aromatic N) is 1. The zero-order valence-electron chi connectivity index (χ0n) is 12.9. The van der Waals surface area contributed by atoms with Crippen molar-refractivity contribution in [2.45, 2.75) is 64.5 Å². The van der Waals surface area contributed by atoms with Gasteiger partial charge in [-0.25, -0.2) is 4.89 Å². The lowest BCUT2D eigenvalue weighted by atomic mass is 9.59. The van der Waals surface area contributed by atoms with Crippen molar-refractivity contribution in [2.75, 3.05) is 7.05 Å². The van der Waals surface area contributed by atoms with Crippen molar-refractivity contribution >= 4 is 0 Å². The van der Waals surface area contributed by atoms with Gasteiger partial charge in [0.1, 0.15) is 5.60 Å². The van der Waals surface area contributed by atoms with Gasteiger partial charge in [-0.2, -0.15) is 7.05 Å². The van der Waals surface area contributed by atoms with Gasteiger partial charge in [-0.05, 0) is 43.9 Å². The Bertz CT molecular complexity index is 366. The van der Waals surface area contributed by atoms with Gasteiger partial charge in [-0.1, -0.05) is 38.8 Å². The fourth-order valence-corrected chi connectivity index (χ4v) is 4.00. The van der Waals surface area contributed by atoms with Crippen molar-refractivity contribution in [3.05, 3.63) is 17.0 Å². The van der Waals surface area contributed by atoms with E-state index >= 15 is 0 Å². The first-order valence-electron chi connectivity index (χ1n) is 7.51. The smallest absolute Gasteiger partial charge is 0.119 e. The monoisotopic (exact) mass is 266 g/mol. The van der Waals surface area contributed by atoms with Crippen LogP contribution in [-0.2, 0) is 4.89 Å². The first kappa shape index (κ1) is 15.0. The predicted octanol–water partition coefficient (Wildman–Crippen LogP) is 4.40. The van der Waals surface area contributed by atoms with E-state index in [1.54, 1.807) is 0 Å². The summed E-state index contributed by atoms with van der Waals surface area (Å²) in [5.74, 6) is 1.76. The molecule has 0 spiro atoms. The molecule has 0 heterocycles. The van der Waals surface area contributed by atoms with Crippen LogP contribution in [0.15, 0.2) is 11.6 Å². The molecule has 1 fully saturated rings. The van der Waals surface area contributed by atoms with Crippen molar-refractivity contribution in [3.8, 4) is 0 Å². The summed E-state index contributed by atoms with van der Waals surface area (Å²) in [6, 6.07) is 0. The summed E-state index contributed by atoms with van der Waals surface area (Å²) >= 11 is 0. The van der Waals surface area contributed by atoms with Gasteiger partial charge < -0.3 is 5.32 Å². The molecule has 2 aliphatic rings. The number of fused-ring (bicyclic) bond motifs is 1.